The van der Waals surface area contributed by atoms with Gasteiger partial charge >= 0.3 is 0 Å². The second-order valence-electron chi connectivity index (χ2n) is 5.44. The topological polar surface area (TPSA) is 41.9 Å². The molecule has 110 valence electrons. The third kappa shape index (κ3) is 3.47. The number of aryl methyl sites for hydroxylation is 1. The SMILES string of the molecule is CCCc1ncc2c(n1)CCN(Cc1ccncc1Br)C2. The molecule has 0 aromatic carbocycles. The molecule has 0 unspecified atom stereocenters. The third-order valence-electron chi connectivity index (χ3n) is 3.79. The first-order valence-electron chi connectivity index (χ1n) is 7.40. The second-order valence-corrected chi connectivity index (χ2v) is 6.29. The highest BCUT2D eigenvalue weighted by Gasteiger charge is 2.19. The van der Waals surface area contributed by atoms with Gasteiger partial charge in [-0.25, -0.2) is 9.97 Å². The molecule has 0 saturated carbocycles. The van der Waals surface area contributed by atoms with E-state index in [1.807, 2.05) is 18.6 Å². The summed E-state index contributed by atoms with van der Waals surface area (Å²) >= 11 is 3.57. The van der Waals surface area contributed by atoms with E-state index in [0.717, 1.165) is 49.2 Å². The largest absolute Gasteiger partial charge is 0.294 e. The number of pyridine rings is 1. The Hall–Kier alpha value is -1.33. The van der Waals surface area contributed by atoms with Crippen molar-refractivity contribution >= 4 is 15.9 Å². The first-order valence-corrected chi connectivity index (χ1v) is 8.20. The maximum Gasteiger partial charge on any atom is 0.128 e. The molecule has 3 rings (SSSR count). The maximum absolute atomic E-state index is 4.71. The Labute approximate surface area is 133 Å². The van der Waals surface area contributed by atoms with Gasteiger partial charge in [0, 0.05) is 66.8 Å². The standard InChI is InChI=1S/C16H19BrN4/c1-2-3-16-19-8-13-11-21(7-5-15(13)20-16)10-12-4-6-18-9-14(12)17/h4,6,8-9H,2-3,5,7,10-11H2,1H3. The van der Waals surface area contributed by atoms with Crippen LogP contribution in [0.5, 0.6) is 0 Å². The van der Waals surface area contributed by atoms with Gasteiger partial charge in [-0.2, -0.15) is 0 Å². The van der Waals surface area contributed by atoms with E-state index in [1.54, 1.807) is 0 Å². The number of rotatable bonds is 4. The second kappa shape index (κ2) is 6.62. The van der Waals surface area contributed by atoms with Crippen molar-refractivity contribution in [3.63, 3.8) is 0 Å². The van der Waals surface area contributed by atoms with Crippen LogP contribution in [-0.2, 0) is 25.9 Å². The average molecular weight is 347 g/mol. The van der Waals surface area contributed by atoms with Gasteiger partial charge in [0.25, 0.3) is 0 Å². The number of hydrogen-bond acceptors (Lipinski definition) is 4. The van der Waals surface area contributed by atoms with Crippen LogP contribution in [0.3, 0.4) is 0 Å². The lowest BCUT2D eigenvalue weighted by atomic mass is 10.1. The van der Waals surface area contributed by atoms with E-state index in [1.165, 1.54) is 16.8 Å². The predicted octanol–water partition coefficient (Wildman–Crippen LogP) is 3.14. The first-order chi connectivity index (χ1) is 10.3. The minimum atomic E-state index is 0.927. The highest BCUT2D eigenvalue weighted by molar-refractivity contribution is 9.10. The van der Waals surface area contributed by atoms with Crippen molar-refractivity contribution in [3.05, 3.63) is 51.8 Å². The molecule has 21 heavy (non-hydrogen) atoms. The number of fused-ring (bicyclic) bond motifs is 1. The number of hydrogen-bond donors (Lipinski definition) is 0. The zero-order valence-electron chi connectivity index (χ0n) is 12.2. The van der Waals surface area contributed by atoms with E-state index in [2.05, 4.69) is 43.8 Å². The highest BCUT2D eigenvalue weighted by Crippen LogP contribution is 2.22. The summed E-state index contributed by atoms with van der Waals surface area (Å²) in [7, 11) is 0. The Morgan fingerprint density at radius 3 is 3.05 bits per heavy atom. The molecule has 0 bridgehead atoms. The fourth-order valence-electron chi connectivity index (χ4n) is 2.67. The Morgan fingerprint density at radius 1 is 1.33 bits per heavy atom. The Balaban J connectivity index is 1.71. The molecule has 0 aliphatic carbocycles. The van der Waals surface area contributed by atoms with Gasteiger partial charge < -0.3 is 0 Å². The molecule has 1 aliphatic heterocycles. The summed E-state index contributed by atoms with van der Waals surface area (Å²) in [6.45, 7) is 5.07. The van der Waals surface area contributed by atoms with E-state index >= 15 is 0 Å². The van der Waals surface area contributed by atoms with Crippen molar-refractivity contribution in [2.24, 2.45) is 0 Å². The van der Waals surface area contributed by atoms with Crippen LogP contribution < -0.4 is 0 Å². The predicted molar refractivity (Wildman–Crippen MR) is 85.8 cm³/mol. The first kappa shape index (κ1) is 14.6. The summed E-state index contributed by atoms with van der Waals surface area (Å²) in [6.07, 6.45) is 8.80. The third-order valence-corrected chi connectivity index (χ3v) is 4.50. The van der Waals surface area contributed by atoms with Crippen molar-refractivity contribution < 1.29 is 0 Å². The van der Waals surface area contributed by atoms with Gasteiger partial charge in [-0.15, -0.1) is 0 Å². The van der Waals surface area contributed by atoms with Crippen molar-refractivity contribution in [2.75, 3.05) is 6.54 Å². The van der Waals surface area contributed by atoms with E-state index in [9.17, 15) is 0 Å². The molecule has 2 aromatic rings. The molecule has 4 nitrogen and oxygen atoms in total. The lowest BCUT2D eigenvalue weighted by Crippen LogP contribution is -2.31. The molecule has 3 heterocycles. The van der Waals surface area contributed by atoms with Crippen LogP contribution in [0.1, 0.15) is 36.0 Å². The summed E-state index contributed by atoms with van der Waals surface area (Å²) in [5.41, 5.74) is 3.78. The monoisotopic (exact) mass is 346 g/mol. The minimum absolute atomic E-state index is 0.927. The van der Waals surface area contributed by atoms with Gasteiger partial charge in [0.2, 0.25) is 0 Å². The summed E-state index contributed by atoms with van der Waals surface area (Å²) in [6, 6.07) is 2.07. The van der Waals surface area contributed by atoms with Gasteiger partial charge in [-0.1, -0.05) is 6.92 Å². The molecule has 2 aromatic heterocycles. The summed E-state index contributed by atoms with van der Waals surface area (Å²) < 4.78 is 1.07. The molecule has 0 radical (unpaired) electrons. The average Bonchev–Trinajstić information content (AvgIpc) is 2.50. The molecule has 1 aliphatic rings. The zero-order chi connectivity index (χ0) is 14.7. The minimum Gasteiger partial charge on any atom is -0.294 e. The van der Waals surface area contributed by atoms with E-state index < -0.39 is 0 Å². The Bertz CT molecular complexity index is 629. The fourth-order valence-corrected chi connectivity index (χ4v) is 3.04. The molecule has 0 spiro atoms. The van der Waals surface area contributed by atoms with Crippen molar-refractivity contribution in [2.45, 2.75) is 39.3 Å². The van der Waals surface area contributed by atoms with Gasteiger partial charge in [0.05, 0.1) is 0 Å². The van der Waals surface area contributed by atoms with Crippen molar-refractivity contribution in [1.29, 1.82) is 0 Å². The van der Waals surface area contributed by atoms with Gasteiger partial charge in [0.15, 0.2) is 0 Å². The molecule has 0 amide bonds. The van der Waals surface area contributed by atoms with Crippen LogP contribution in [0.4, 0.5) is 0 Å². The molecular formula is C16H19BrN4. The lowest BCUT2D eigenvalue weighted by Gasteiger charge is -2.28. The maximum atomic E-state index is 4.71. The molecular weight excluding hydrogens is 328 g/mol. The normalized spacial score (nSPS) is 15.0. The van der Waals surface area contributed by atoms with Gasteiger partial charge in [0.1, 0.15) is 5.82 Å². The van der Waals surface area contributed by atoms with E-state index in [0.29, 0.717) is 0 Å². The van der Waals surface area contributed by atoms with E-state index in [-0.39, 0.29) is 0 Å². The van der Waals surface area contributed by atoms with Crippen LogP contribution in [0, 0.1) is 0 Å². The zero-order valence-corrected chi connectivity index (χ0v) is 13.8. The van der Waals surface area contributed by atoms with E-state index in [4.69, 9.17) is 4.98 Å². The molecule has 5 heteroatoms. The molecule has 0 N–H and O–H groups in total. The molecule has 0 saturated heterocycles. The smallest absolute Gasteiger partial charge is 0.128 e. The number of aromatic nitrogens is 3. The van der Waals surface area contributed by atoms with Crippen molar-refractivity contribution in [3.8, 4) is 0 Å². The lowest BCUT2D eigenvalue weighted by molar-refractivity contribution is 0.242. The summed E-state index contributed by atoms with van der Waals surface area (Å²) in [4.78, 5) is 15.7. The van der Waals surface area contributed by atoms with Crippen LogP contribution >= 0.6 is 15.9 Å². The quantitative estimate of drug-likeness (QED) is 0.852. The molecule has 0 atom stereocenters. The number of nitrogens with zero attached hydrogens (tertiary/aromatic N) is 4. The Morgan fingerprint density at radius 2 is 2.24 bits per heavy atom. The Kier molecular flexibility index (Phi) is 4.60. The van der Waals surface area contributed by atoms with Crippen LogP contribution in [0.25, 0.3) is 0 Å². The van der Waals surface area contributed by atoms with Gasteiger partial charge in [-0.05, 0) is 34.0 Å². The van der Waals surface area contributed by atoms with Crippen LogP contribution in [0.2, 0.25) is 0 Å². The molecule has 0 fully saturated rings. The van der Waals surface area contributed by atoms with Crippen molar-refractivity contribution in [1.82, 2.24) is 19.9 Å². The fraction of sp³-hybridized carbons (Fsp3) is 0.438. The summed E-state index contributed by atoms with van der Waals surface area (Å²) in [5.74, 6) is 0.988. The van der Waals surface area contributed by atoms with Crippen LogP contribution in [-0.4, -0.2) is 26.4 Å². The van der Waals surface area contributed by atoms with Gasteiger partial charge in [-0.3, -0.25) is 9.88 Å². The highest BCUT2D eigenvalue weighted by atomic mass is 79.9. The number of halogens is 1. The van der Waals surface area contributed by atoms with Crippen LogP contribution in [0.15, 0.2) is 29.1 Å². The summed E-state index contributed by atoms with van der Waals surface area (Å²) in [5, 5.41) is 0.